The Morgan fingerprint density at radius 1 is 1.07 bits per heavy atom. The molecule has 0 aliphatic carbocycles. The highest BCUT2D eigenvalue weighted by Crippen LogP contribution is 2.33. The molecule has 3 N–H and O–H groups in total. The highest BCUT2D eigenvalue weighted by atomic mass is 32.2. The van der Waals surface area contributed by atoms with E-state index in [1.807, 2.05) is 6.07 Å². The van der Waals surface area contributed by atoms with Gasteiger partial charge in [-0.3, -0.25) is 4.72 Å². The van der Waals surface area contributed by atoms with Gasteiger partial charge in [-0.15, -0.1) is 0 Å². The molecule has 0 saturated carbocycles. The zero-order chi connectivity index (χ0) is 20.5. The van der Waals surface area contributed by atoms with Crippen LogP contribution in [0.15, 0.2) is 54.6 Å². The molecule has 1 heterocycles. The lowest BCUT2D eigenvalue weighted by molar-refractivity contribution is -0.141. The Morgan fingerprint density at radius 3 is 2.18 bits per heavy atom. The lowest BCUT2D eigenvalue weighted by Crippen LogP contribution is -2.21. The number of anilines is 1. The standard InChI is InChI=1S/C17H12F3N5O2S/c18-17(19,20)16-9-15(12-3-1-11(10-21)2-4-12)25(23-16)14-7-5-13(6-8-14)24-28(22,26)27/h1-9,24H,(H2,22,26,27). The molecule has 0 aliphatic rings. The molecule has 0 aliphatic heterocycles. The van der Waals surface area contributed by atoms with E-state index in [1.54, 1.807) is 0 Å². The largest absolute Gasteiger partial charge is 0.435 e. The summed E-state index contributed by atoms with van der Waals surface area (Å²) in [6.07, 6.45) is -4.65. The van der Waals surface area contributed by atoms with Crippen LogP contribution in [0.1, 0.15) is 11.3 Å². The third-order valence-electron chi connectivity index (χ3n) is 3.68. The van der Waals surface area contributed by atoms with Gasteiger partial charge in [0, 0.05) is 11.3 Å². The van der Waals surface area contributed by atoms with Crippen molar-refractivity contribution in [1.29, 1.82) is 5.26 Å². The Morgan fingerprint density at radius 2 is 1.68 bits per heavy atom. The fourth-order valence-electron chi connectivity index (χ4n) is 2.47. The Labute approximate surface area is 158 Å². The lowest BCUT2D eigenvalue weighted by Gasteiger charge is -2.09. The van der Waals surface area contributed by atoms with Crippen molar-refractivity contribution in [3.63, 3.8) is 0 Å². The van der Waals surface area contributed by atoms with Gasteiger partial charge in [-0.25, -0.2) is 9.82 Å². The molecule has 0 bridgehead atoms. The summed E-state index contributed by atoms with van der Waals surface area (Å²) in [4.78, 5) is 0. The van der Waals surface area contributed by atoms with Crippen molar-refractivity contribution in [3.8, 4) is 23.0 Å². The van der Waals surface area contributed by atoms with Crippen molar-refractivity contribution in [1.82, 2.24) is 9.78 Å². The third-order valence-corrected chi connectivity index (χ3v) is 4.20. The van der Waals surface area contributed by atoms with E-state index in [-0.39, 0.29) is 17.1 Å². The summed E-state index contributed by atoms with van der Waals surface area (Å²) in [5.74, 6) is 0. The minimum Gasteiger partial charge on any atom is -0.271 e. The molecule has 28 heavy (non-hydrogen) atoms. The Balaban J connectivity index is 2.08. The van der Waals surface area contributed by atoms with Gasteiger partial charge in [-0.1, -0.05) is 12.1 Å². The smallest absolute Gasteiger partial charge is 0.271 e. The molecule has 1 aromatic heterocycles. The first-order valence-electron chi connectivity index (χ1n) is 7.65. The van der Waals surface area contributed by atoms with Crippen LogP contribution >= 0.6 is 0 Å². The molecule has 0 amide bonds. The molecule has 0 spiro atoms. The molecule has 2 aromatic carbocycles. The highest BCUT2D eigenvalue weighted by Gasteiger charge is 2.35. The summed E-state index contributed by atoms with van der Waals surface area (Å²) >= 11 is 0. The van der Waals surface area contributed by atoms with E-state index < -0.39 is 22.1 Å². The molecule has 0 fully saturated rings. The van der Waals surface area contributed by atoms with E-state index in [2.05, 4.69) is 9.82 Å². The van der Waals surface area contributed by atoms with E-state index in [0.717, 1.165) is 10.7 Å². The molecular formula is C17H12F3N5O2S. The summed E-state index contributed by atoms with van der Waals surface area (Å²) in [6.45, 7) is 0. The number of nitrogens with one attached hydrogen (secondary N) is 1. The van der Waals surface area contributed by atoms with Crippen molar-refractivity contribution in [2.75, 3.05) is 4.72 Å². The highest BCUT2D eigenvalue weighted by molar-refractivity contribution is 7.90. The minimum absolute atomic E-state index is 0.148. The van der Waals surface area contributed by atoms with Gasteiger partial charge in [-0.2, -0.15) is 31.9 Å². The molecule has 3 aromatic rings. The van der Waals surface area contributed by atoms with Crippen LogP contribution < -0.4 is 9.86 Å². The predicted molar refractivity (Wildman–Crippen MR) is 95.4 cm³/mol. The fourth-order valence-corrected chi connectivity index (χ4v) is 2.94. The number of aromatic nitrogens is 2. The van der Waals surface area contributed by atoms with Crippen molar-refractivity contribution in [3.05, 3.63) is 65.9 Å². The van der Waals surface area contributed by atoms with Crippen LogP contribution in [0.25, 0.3) is 16.9 Å². The van der Waals surface area contributed by atoms with E-state index in [1.165, 1.54) is 48.5 Å². The number of hydrogen-bond donors (Lipinski definition) is 2. The normalized spacial score (nSPS) is 11.8. The topological polar surface area (TPSA) is 114 Å². The summed E-state index contributed by atoms with van der Waals surface area (Å²) in [7, 11) is -3.98. The molecule has 0 atom stereocenters. The Hall–Kier alpha value is -3.36. The number of hydrogen-bond acceptors (Lipinski definition) is 4. The molecular weight excluding hydrogens is 395 g/mol. The Kier molecular flexibility index (Phi) is 4.84. The van der Waals surface area contributed by atoms with Crippen LogP contribution in [0.2, 0.25) is 0 Å². The number of nitrogens with two attached hydrogens (primary N) is 1. The second kappa shape index (κ2) is 6.99. The number of halogens is 3. The van der Waals surface area contributed by atoms with Gasteiger partial charge in [0.05, 0.1) is 23.0 Å². The van der Waals surface area contributed by atoms with Gasteiger partial charge in [0.2, 0.25) is 0 Å². The zero-order valence-electron chi connectivity index (χ0n) is 14.0. The van der Waals surface area contributed by atoms with Crippen LogP contribution in [-0.4, -0.2) is 18.2 Å². The van der Waals surface area contributed by atoms with Crippen LogP contribution in [0.3, 0.4) is 0 Å². The van der Waals surface area contributed by atoms with E-state index >= 15 is 0 Å². The summed E-state index contributed by atoms with van der Waals surface area (Å²) in [6, 6.07) is 14.3. The third kappa shape index (κ3) is 4.30. The SMILES string of the molecule is N#Cc1ccc(-c2cc(C(F)(F)F)nn2-c2ccc(NS(N)(=O)=O)cc2)cc1. The average Bonchev–Trinajstić information content (AvgIpc) is 3.07. The monoisotopic (exact) mass is 407 g/mol. The van der Waals surface area contributed by atoms with Gasteiger partial charge >= 0.3 is 6.18 Å². The van der Waals surface area contributed by atoms with Crippen molar-refractivity contribution >= 4 is 15.9 Å². The second-order valence-corrected chi connectivity index (χ2v) is 7.00. The van der Waals surface area contributed by atoms with E-state index in [4.69, 9.17) is 10.4 Å². The number of benzene rings is 2. The molecule has 0 saturated heterocycles. The van der Waals surface area contributed by atoms with Crippen molar-refractivity contribution in [2.45, 2.75) is 6.18 Å². The maximum absolute atomic E-state index is 13.2. The second-order valence-electron chi connectivity index (χ2n) is 5.71. The maximum atomic E-state index is 13.2. The van der Waals surface area contributed by atoms with Gasteiger partial charge in [-0.05, 0) is 42.5 Å². The number of alkyl halides is 3. The van der Waals surface area contributed by atoms with Crippen molar-refractivity contribution < 1.29 is 21.6 Å². The van der Waals surface area contributed by atoms with E-state index in [9.17, 15) is 21.6 Å². The molecule has 0 radical (unpaired) electrons. The number of nitrogens with zero attached hydrogens (tertiary/aromatic N) is 3. The van der Waals surface area contributed by atoms with Crippen LogP contribution in [0.5, 0.6) is 0 Å². The predicted octanol–water partition coefficient (Wildman–Crippen LogP) is 3.05. The first-order valence-corrected chi connectivity index (χ1v) is 9.20. The number of rotatable bonds is 4. The van der Waals surface area contributed by atoms with Gasteiger partial charge in [0.1, 0.15) is 0 Å². The zero-order valence-corrected chi connectivity index (χ0v) is 14.8. The molecule has 11 heteroatoms. The molecule has 0 unspecified atom stereocenters. The van der Waals surface area contributed by atoms with Gasteiger partial charge in [0.25, 0.3) is 10.2 Å². The molecule has 3 rings (SSSR count). The van der Waals surface area contributed by atoms with Gasteiger partial charge < -0.3 is 0 Å². The van der Waals surface area contributed by atoms with Crippen LogP contribution in [0, 0.1) is 11.3 Å². The van der Waals surface area contributed by atoms with Crippen LogP contribution in [0.4, 0.5) is 18.9 Å². The minimum atomic E-state index is -4.65. The van der Waals surface area contributed by atoms with Gasteiger partial charge in [0.15, 0.2) is 5.69 Å². The summed E-state index contributed by atoms with van der Waals surface area (Å²) < 4.78 is 64.8. The average molecular weight is 407 g/mol. The number of nitriles is 1. The lowest BCUT2D eigenvalue weighted by atomic mass is 10.1. The van der Waals surface area contributed by atoms with E-state index in [0.29, 0.717) is 11.1 Å². The maximum Gasteiger partial charge on any atom is 0.435 e. The summed E-state index contributed by atoms with van der Waals surface area (Å²) in [5, 5.41) is 17.4. The summed E-state index contributed by atoms with van der Waals surface area (Å²) in [5.41, 5.74) is 0.282. The quantitative estimate of drug-likeness (QED) is 0.692. The Bertz CT molecular complexity index is 1150. The molecule has 144 valence electrons. The van der Waals surface area contributed by atoms with Crippen molar-refractivity contribution in [2.24, 2.45) is 5.14 Å². The van der Waals surface area contributed by atoms with Crippen LogP contribution in [-0.2, 0) is 16.4 Å². The molecule has 7 nitrogen and oxygen atoms in total. The first kappa shape index (κ1) is 19.4. The fraction of sp³-hybridized carbons (Fsp3) is 0.0588. The first-order chi connectivity index (χ1) is 13.1.